The SMILES string of the molecule is CN(c1nc(C23C=Cc4ccccc4C2C3)c2ccccc2n1)c1cc2c3c(c1-c1ccc4c(c1)C=CC=CC4)-c1ccccc1C(C)(C)C=3CC=CC=2. The maximum Gasteiger partial charge on any atom is 0.230 e. The highest BCUT2D eigenvalue weighted by molar-refractivity contribution is 5.99. The standard InChI is InChI=1S/C51H41N3/c1-50(2)40-22-13-10-20-38(40)47-45-35(18-8-12-23-41(45)50)30-44(46(47)36-26-25-32-15-5-4-6-17-34(32)29-36)54(3)49-52-43-24-14-11-21-39(43)48(53-49)51-28-27-33-16-7-9-19-37(33)42(51)31-51/h4-14,16-22,24-30,42H,15,23,31H2,1-3H3. The lowest BCUT2D eigenvalue weighted by molar-refractivity contribution is 0.670. The molecule has 6 aromatic rings. The van der Waals surface area contributed by atoms with E-state index in [0.717, 1.165) is 47.5 Å². The molecule has 0 radical (unpaired) electrons. The number of allylic oxidation sites excluding steroid dienone is 6. The summed E-state index contributed by atoms with van der Waals surface area (Å²) in [5.74, 6) is 1.14. The van der Waals surface area contributed by atoms with Gasteiger partial charge in [0.15, 0.2) is 0 Å². The van der Waals surface area contributed by atoms with E-state index in [-0.39, 0.29) is 10.8 Å². The van der Waals surface area contributed by atoms with Crippen LogP contribution < -0.4 is 15.3 Å². The van der Waals surface area contributed by atoms with E-state index in [1.807, 2.05) is 0 Å². The molecule has 3 nitrogen and oxygen atoms in total. The number of benzene rings is 5. The molecule has 1 saturated carbocycles. The Morgan fingerprint density at radius 1 is 0.741 bits per heavy atom. The van der Waals surface area contributed by atoms with Crippen molar-refractivity contribution in [1.29, 1.82) is 0 Å². The summed E-state index contributed by atoms with van der Waals surface area (Å²) < 4.78 is 0. The molecule has 5 aromatic carbocycles. The van der Waals surface area contributed by atoms with Crippen LogP contribution in [0.15, 0.2) is 134 Å². The quantitative estimate of drug-likeness (QED) is 0.184. The summed E-state index contributed by atoms with van der Waals surface area (Å²) in [4.78, 5) is 13.2. The molecule has 1 heterocycles. The van der Waals surface area contributed by atoms with Crippen molar-refractivity contribution in [3.05, 3.63) is 177 Å². The third kappa shape index (κ3) is 4.48. The van der Waals surface area contributed by atoms with Gasteiger partial charge < -0.3 is 4.90 Å². The van der Waals surface area contributed by atoms with E-state index in [9.17, 15) is 0 Å². The molecule has 11 rings (SSSR count). The lowest BCUT2D eigenvalue weighted by Gasteiger charge is -2.37. The van der Waals surface area contributed by atoms with Crippen molar-refractivity contribution in [3.8, 4) is 22.3 Å². The second-order valence-electron chi connectivity index (χ2n) is 16.2. The van der Waals surface area contributed by atoms with Crippen molar-refractivity contribution in [3.63, 3.8) is 0 Å². The van der Waals surface area contributed by atoms with Crippen molar-refractivity contribution in [1.82, 2.24) is 9.97 Å². The number of nitrogens with zero attached hydrogens (tertiary/aromatic N) is 3. The molecule has 0 bridgehead atoms. The smallest absolute Gasteiger partial charge is 0.230 e. The van der Waals surface area contributed by atoms with Gasteiger partial charge in [0.1, 0.15) is 0 Å². The van der Waals surface area contributed by atoms with Crippen molar-refractivity contribution in [2.75, 3.05) is 11.9 Å². The fourth-order valence-electron chi connectivity index (χ4n) is 10.0. The molecular formula is C51H41N3. The van der Waals surface area contributed by atoms with Gasteiger partial charge in [-0.1, -0.05) is 147 Å². The Morgan fingerprint density at radius 2 is 1.57 bits per heavy atom. The van der Waals surface area contributed by atoms with Crippen LogP contribution in [0.4, 0.5) is 11.6 Å². The number of aromatic nitrogens is 2. The lowest BCUT2D eigenvalue weighted by atomic mass is 9.67. The van der Waals surface area contributed by atoms with Crippen LogP contribution in [0.25, 0.3) is 57.0 Å². The van der Waals surface area contributed by atoms with Gasteiger partial charge in [-0.05, 0) is 98.0 Å². The molecule has 5 aliphatic carbocycles. The fraction of sp³-hybridized carbons (Fsp3) is 0.176. The number of anilines is 2. The molecule has 0 aliphatic heterocycles. The van der Waals surface area contributed by atoms with Crippen LogP contribution in [-0.4, -0.2) is 17.0 Å². The van der Waals surface area contributed by atoms with Gasteiger partial charge in [0, 0.05) is 34.7 Å². The summed E-state index contributed by atoms with van der Waals surface area (Å²) >= 11 is 0. The van der Waals surface area contributed by atoms with Crippen molar-refractivity contribution < 1.29 is 0 Å². The molecule has 1 aromatic heterocycles. The number of hydrogen-bond acceptors (Lipinski definition) is 3. The number of fused-ring (bicyclic) bond motifs is 7. The maximum atomic E-state index is 5.60. The second kappa shape index (κ2) is 11.5. The Morgan fingerprint density at radius 3 is 2.52 bits per heavy atom. The zero-order valence-electron chi connectivity index (χ0n) is 31.0. The molecule has 0 saturated heterocycles. The predicted octanol–water partition coefficient (Wildman–Crippen LogP) is 10.5. The van der Waals surface area contributed by atoms with Gasteiger partial charge in [-0.2, -0.15) is 0 Å². The van der Waals surface area contributed by atoms with Crippen molar-refractivity contribution in [2.24, 2.45) is 0 Å². The third-order valence-electron chi connectivity index (χ3n) is 12.9. The minimum absolute atomic E-state index is 0.115. The zero-order valence-corrected chi connectivity index (χ0v) is 31.0. The van der Waals surface area contributed by atoms with Crippen molar-refractivity contribution in [2.45, 2.75) is 49.9 Å². The second-order valence-corrected chi connectivity index (χ2v) is 16.2. The summed E-state index contributed by atoms with van der Waals surface area (Å²) in [6, 6.07) is 36.0. The summed E-state index contributed by atoms with van der Waals surface area (Å²) in [6.07, 6.45) is 23.4. The molecule has 5 aliphatic rings. The molecule has 1 fully saturated rings. The van der Waals surface area contributed by atoms with Crippen LogP contribution in [0.2, 0.25) is 0 Å². The van der Waals surface area contributed by atoms with E-state index in [2.05, 4.69) is 178 Å². The molecule has 2 unspecified atom stereocenters. The first kappa shape index (κ1) is 31.5. The Labute approximate surface area is 316 Å². The fourth-order valence-corrected chi connectivity index (χ4v) is 10.0. The number of para-hydroxylation sites is 1. The Kier molecular flexibility index (Phi) is 6.68. The van der Waals surface area contributed by atoms with Crippen LogP contribution in [0.3, 0.4) is 0 Å². The predicted molar refractivity (Wildman–Crippen MR) is 225 cm³/mol. The molecular weight excluding hydrogens is 655 g/mol. The Bertz CT molecular complexity index is 2870. The molecule has 54 heavy (non-hydrogen) atoms. The van der Waals surface area contributed by atoms with E-state index >= 15 is 0 Å². The zero-order chi connectivity index (χ0) is 36.2. The minimum Gasteiger partial charge on any atom is -0.313 e. The summed E-state index contributed by atoms with van der Waals surface area (Å²) in [5.41, 5.74) is 16.2. The van der Waals surface area contributed by atoms with Crippen molar-refractivity contribution >= 4 is 46.3 Å². The van der Waals surface area contributed by atoms with Gasteiger partial charge >= 0.3 is 0 Å². The molecule has 2 atom stereocenters. The average molecular weight is 696 g/mol. The van der Waals surface area contributed by atoms with Gasteiger partial charge in [-0.25, -0.2) is 9.97 Å². The first-order valence-electron chi connectivity index (χ1n) is 19.4. The summed E-state index contributed by atoms with van der Waals surface area (Å²) in [7, 11) is 2.17. The van der Waals surface area contributed by atoms with Crippen LogP contribution in [0.5, 0.6) is 0 Å². The van der Waals surface area contributed by atoms with Gasteiger partial charge in [0.05, 0.1) is 16.9 Å². The third-order valence-corrected chi connectivity index (χ3v) is 12.9. The molecule has 0 spiro atoms. The summed E-state index contributed by atoms with van der Waals surface area (Å²) in [5, 5.41) is 3.75. The number of hydrogen-bond donors (Lipinski definition) is 0. The van der Waals surface area contributed by atoms with Gasteiger partial charge in [0.25, 0.3) is 0 Å². The highest BCUT2D eigenvalue weighted by atomic mass is 15.2. The first-order valence-corrected chi connectivity index (χ1v) is 19.4. The van der Waals surface area contributed by atoms with E-state index in [1.54, 1.807) is 0 Å². The van der Waals surface area contributed by atoms with E-state index in [1.165, 1.54) is 66.1 Å². The largest absolute Gasteiger partial charge is 0.313 e. The molecule has 3 heteroatoms. The maximum absolute atomic E-state index is 5.60. The van der Waals surface area contributed by atoms with E-state index < -0.39 is 0 Å². The van der Waals surface area contributed by atoms with Gasteiger partial charge in [-0.3, -0.25) is 0 Å². The van der Waals surface area contributed by atoms with Gasteiger partial charge in [-0.15, -0.1) is 0 Å². The van der Waals surface area contributed by atoms with E-state index in [4.69, 9.17) is 9.97 Å². The lowest BCUT2D eigenvalue weighted by Crippen LogP contribution is -2.40. The topological polar surface area (TPSA) is 29.0 Å². The molecule has 0 N–H and O–H groups in total. The summed E-state index contributed by atoms with van der Waals surface area (Å²) in [6.45, 7) is 4.81. The highest BCUT2D eigenvalue weighted by Gasteiger charge is 2.58. The van der Waals surface area contributed by atoms with Crippen LogP contribution in [0.1, 0.15) is 66.1 Å². The van der Waals surface area contributed by atoms with Crippen LogP contribution in [0, 0.1) is 0 Å². The highest BCUT2D eigenvalue weighted by Crippen LogP contribution is 2.65. The Balaban J connectivity index is 1.20. The monoisotopic (exact) mass is 695 g/mol. The van der Waals surface area contributed by atoms with Crippen LogP contribution in [-0.2, 0) is 17.3 Å². The van der Waals surface area contributed by atoms with E-state index in [0.29, 0.717) is 5.92 Å². The average Bonchev–Trinajstić information content (AvgIpc) is 4.03. The first-order chi connectivity index (χ1) is 26.4. The number of rotatable bonds is 4. The normalized spacial score (nSPS) is 20.5. The van der Waals surface area contributed by atoms with Gasteiger partial charge in [0.2, 0.25) is 5.95 Å². The minimum atomic E-state index is -0.139. The Hall–Kier alpha value is -6.06. The molecule has 260 valence electrons. The molecule has 0 amide bonds. The van der Waals surface area contributed by atoms with Crippen LogP contribution >= 0.6 is 0 Å².